The van der Waals surface area contributed by atoms with Crippen LogP contribution < -0.4 is 14.2 Å². The van der Waals surface area contributed by atoms with Gasteiger partial charge in [-0.25, -0.2) is 18.1 Å². The number of methoxy groups -OCH3 is 2. The van der Waals surface area contributed by atoms with Crippen LogP contribution in [0.2, 0.25) is 0 Å². The smallest absolute Gasteiger partial charge is 0.283 e. The Morgan fingerprint density at radius 1 is 1.12 bits per heavy atom. The molecule has 0 atom stereocenters. The summed E-state index contributed by atoms with van der Waals surface area (Å²) in [5.74, 6) is -0.407. The molecule has 3 aromatic rings. The van der Waals surface area contributed by atoms with Crippen LogP contribution in [0.3, 0.4) is 0 Å². The van der Waals surface area contributed by atoms with Crippen molar-refractivity contribution in [2.24, 2.45) is 0 Å². The molecule has 1 aromatic carbocycles. The van der Waals surface area contributed by atoms with Crippen LogP contribution in [-0.2, 0) is 29.4 Å². The van der Waals surface area contributed by atoms with E-state index in [0.29, 0.717) is 24.1 Å². The Balaban J connectivity index is 1.63. The summed E-state index contributed by atoms with van der Waals surface area (Å²) in [6.45, 7) is 0.400. The number of sulfonamides is 1. The molecular formula is C22H24N4O5S. The molecule has 10 heteroatoms. The topological polar surface area (TPSA) is 112 Å². The Kier molecular flexibility index (Phi) is 6.13. The summed E-state index contributed by atoms with van der Waals surface area (Å²) in [6, 6.07) is 8.44. The van der Waals surface area contributed by atoms with Crippen molar-refractivity contribution >= 4 is 15.9 Å². The largest absolute Gasteiger partial charge is 0.495 e. The number of aryl methyl sites for hydroxylation is 1. The molecule has 0 aliphatic heterocycles. The number of pyridine rings is 1. The summed E-state index contributed by atoms with van der Waals surface area (Å²) < 4.78 is 40.9. The number of hydrogen-bond acceptors (Lipinski definition) is 7. The summed E-state index contributed by atoms with van der Waals surface area (Å²) >= 11 is 0. The van der Waals surface area contributed by atoms with Gasteiger partial charge in [0.1, 0.15) is 16.3 Å². The number of fused-ring (bicyclic) bond motifs is 1. The molecule has 1 amide bonds. The van der Waals surface area contributed by atoms with Crippen LogP contribution in [0.1, 0.15) is 40.0 Å². The zero-order chi connectivity index (χ0) is 22.7. The van der Waals surface area contributed by atoms with Gasteiger partial charge < -0.3 is 9.47 Å². The predicted octanol–water partition coefficient (Wildman–Crippen LogP) is 2.34. The van der Waals surface area contributed by atoms with Gasteiger partial charge in [-0.2, -0.15) is 5.10 Å². The van der Waals surface area contributed by atoms with E-state index in [1.54, 1.807) is 35.3 Å². The monoisotopic (exact) mass is 456 g/mol. The van der Waals surface area contributed by atoms with Crippen LogP contribution in [0.4, 0.5) is 0 Å². The summed E-state index contributed by atoms with van der Waals surface area (Å²) in [5.41, 5.74) is 2.30. The molecule has 4 rings (SSSR count). The first-order valence-corrected chi connectivity index (χ1v) is 11.7. The molecule has 2 aromatic heterocycles. The molecule has 0 unspecified atom stereocenters. The van der Waals surface area contributed by atoms with Gasteiger partial charge >= 0.3 is 0 Å². The highest BCUT2D eigenvalue weighted by Gasteiger charge is 2.29. The van der Waals surface area contributed by atoms with Gasteiger partial charge in [-0.3, -0.25) is 9.48 Å². The van der Waals surface area contributed by atoms with Crippen LogP contribution in [0, 0.1) is 0 Å². The van der Waals surface area contributed by atoms with E-state index >= 15 is 0 Å². The summed E-state index contributed by atoms with van der Waals surface area (Å²) in [7, 11) is -1.33. The molecule has 0 spiro atoms. The van der Waals surface area contributed by atoms with Gasteiger partial charge in [-0.15, -0.1) is 0 Å². The summed E-state index contributed by atoms with van der Waals surface area (Å²) in [4.78, 5) is 17.1. The van der Waals surface area contributed by atoms with Gasteiger partial charge in [0.2, 0.25) is 5.88 Å². The number of ether oxygens (including phenoxy) is 2. The van der Waals surface area contributed by atoms with Gasteiger partial charge in [0.25, 0.3) is 15.9 Å². The fourth-order valence-electron chi connectivity index (χ4n) is 3.91. The number of nitrogens with zero attached hydrogens (tertiary/aromatic N) is 3. The third-order valence-corrected chi connectivity index (χ3v) is 6.86. The number of amides is 1. The number of rotatable bonds is 7. The average Bonchev–Trinajstić information content (AvgIpc) is 3.31. The van der Waals surface area contributed by atoms with Crippen LogP contribution >= 0.6 is 0 Å². The number of benzene rings is 1. The van der Waals surface area contributed by atoms with Gasteiger partial charge in [0, 0.05) is 18.0 Å². The first-order chi connectivity index (χ1) is 15.4. The molecule has 168 valence electrons. The van der Waals surface area contributed by atoms with Crippen molar-refractivity contribution in [2.45, 2.75) is 37.1 Å². The molecule has 0 radical (unpaired) electrons. The molecule has 2 heterocycles. The number of carbonyl (C=O) groups is 1. The Morgan fingerprint density at radius 2 is 1.94 bits per heavy atom. The van der Waals surface area contributed by atoms with Crippen LogP contribution in [0.15, 0.2) is 47.6 Å². The van der Waals surface area contributed by atoms with Crippen molar-refractivity contribution in [3.8, 4) is 11.6 Å². The van der Waals surface area contributed by atoms with Gasteiger partial charge in [-0.05, 0) is 61.1 Å². The average molecular weight is 457 g/mol. The minimum Gasteiger partial charge on any atom is -0.495 e. The van der Waals surface area contributed by atoms with E-state index in [9.17, 15) is 13.2 Å². The number of nitrogens with one attached hydrogen (secondary N) is 1. The number of aromatic nitrogens is 3. The SMILES string of the molecule is COc1ccc2c(c1S(=O)(=O)NC(=O)c1ccc(Cn3cccn3)c(OC)n1)CCCC2. The Labute approximate surface area is 186 Å². The standard InChI is InChI=1S/C22H24N4O5S/c1-30-19-11-9-15-6-3-4-7-17(15)20(19)32(28,29)25-21(27)18-10-8-16(22(24-18)31-2)14-26-13-5-12-23-26/h5,8-13H,3-4,6-7,14H2,1-2H3,(H,25,27). The molecule has 0 saturated heterocycles. The van der Waals surface area contributed by atoms with Crippen molar-refractivity contribution in [3.05, 3.63) is 65.1 Å². The normalized spacial score (nSPS) is 13.3. The fraction of sp³-hybridized carbons (Fsp3) is 0.318. The second kappa shape index (κ2) is 8.99. The number of hydrogen-bond donors (Lipinski definition) is 1. The lowest BCUT2D eigenvalue weighted by Gasteiger charge is -2.21. The van der Waals surface area contributed by atoms with Crippen molar-refractivity contribution in [1.29, 1.82) is 0 Å². The van der Waals surface area contributed by atoms with Gasteiger partial charge in [0.15, 0.2) is 0 Å². The molecule has 0 saturated carbocycles. The molecule has 1 aliphatic carbocycles. The molecular weight excluding hydrogens is 432 g/mol. The van der Waals surface area contributed by atoms with Gasteiger partial charge in [-0.1, -0.05) is 6.07 Å². The highest BCUT2D eigenvalue weighted by molar-refractivity contribution is 7.90. The molecule has 32 heavy (non-hydrogen) atoms. The highest BCUT2D eigenvalue weighted by atomic mass is 32.2. The third-order valence-electron chi connectivity index (χ3n) is 5.42. The maximum Gasteiger partial charge on any atom is 0.283 e. The molecule has 0 bridgehead atoms. The Bertz CT molecular complexity index is 1240. The second-order valence-electron chi connectivity index (χ2n) is 7.44. The quantitative estimate of drug-likeness (QED) is 0.581. The van der Waals surface area contributed by atoms with E-state index in [1.165, 1.54) is 20.3 Å². The van der Waals surface area contributed by atoms with Crippen LogP contribution in [-0.4, -0.2) is 43.3 Å². The van der Waals surface area contributed by atoms with Crippen LogP contribution in [0.25, 0.3) is 0 Å². The Hall–Kier alpha value is -3.40. The van der Waals surface area contributed by atoms with E-state index in [-0.39, 0.29) is 22.2 Å². The molecule has 0 fully saturated rings. The summed E-state index contributed by atoms with van der Waals surface area (Å²) in [6.07, 6.45) is 6.74. The minimum atomic E-state index is -4.18. The van der Waals surface area contributed by atoms with E-state index in [1.807, 2.05) is 6.07 Å². The predicted molar refractivity (Wildman–Crippen MR) is 116 cm³/mol. The second-order valence-corrected chi connectivity index (χ2v) is 9.06. The van der Waals surface area contributed by atoms with Crippen molar-refractivity contribution in [1.82, 2.24) is 19.5 Å². The first kappa shape index (κ1) is 21.8. The fourth-order valence-corrected chi connectivity index (χ4v) is 5.34. The van der Waals surface area contributed by atoms with Gasteiger partial charge in [0.05, 0.1) is 20.8 Å². The lowest BCUT2D eigenvalue weighted by molar-refractivity contribution is 0.0975. The van der Waals surface area contributed by atoms with Crippen molar-refractivity contribution in [3.63, 3.8) is 0 Å². The zero-order valence-corrected chi connectivity index (χ0v) is 18.7. The highest BCUT2D eigenvalue weighted by Crippen LogP contribution is 2.34. The lowest BCUT2D eigenvalue weighted by atomic mass is 9.91. The van der Waals surface area contributed by atoms with E-state index in [0.717, 1.165) is 24.8 Å². The third kappa shape index (κ3) is 4.31. The van der Waals surface area contributed by atoms with E-state index in [2.05, 4.69) is 14.8 Å². The number of carbonyl (C=O) groups excluding carboxylic acids is 1. The summed E-state index contributed by atoms with van der Waals surface area (Å²) in [5, 5.41) is 4.14. The van der Waals surface area contributed by atoms with Crippen molar-refractivity contribution in [2.75, 3.05) is 14.2 Å². The lowest BCUT2D eigenvalue weighted by Crippen LogP contribution is -2.32. The Morgan fingerprint density at radius 3 is 2.66 bits per heavy atom. The maximum absolute atomic E-state index is 13.2. The zero-order valence-electron chi connectivity index (χ0n) is 17.9. The molecule has 9 nitrogen and oxygen atoms in total. The van der Waals surface area contributed by atoms with Crippen LogP contribution in [0.5, 0.6) is 11.6 Å². The maximum atomic E-state index is 13.2. The van der Waals surface area contributed by atoms with Crippen molar-refractivity contribution < 1.29 is 22.7 Å². The minimum absolute atomic E-state index is 0.0211. The van der Waals surface area contributed by atoms with E-state index < -0.39 is 15.9 Å². The molecule has 1 aliphatic rings. The molecule has 1 N–H and O–H groups in total. The first-order valence-electron chi connectivity index (χ1n) is 10.2. The van der Waals surface area contributed by atoms with E-state index in [4.69, 9.17) is 9.47 Å².